The average molecular weight is 137 g/mol. The van der Waals surface area contributed by atoms with E-state index in [2.05, 4.69) is 0 Å². The normalized spacial score (nSPS) is 8.67. The van der Waals surface area contributed by atoms with Crippen molar-refractivity contribution in [2.75, 3.05) is 27.5 Å². The Bertz CT molecular complexity index is 39.2. The fourth-order valence-corrected chi connectivity index (χ4v) is 0.129. The number of rotatable bonds is 2. The van der Waals surface area contributed by atoms with Crippen LogP contribution in [0.2, 0.25) is 0 Å². The molecule has 0 rings (SSSR count). The third-order valence-corrected chi connectivity index (χ3v) is 0.757. The minimum Gasteiger partial charge on any atom is -0.371 e. The van der Waals surface area contributed by atoms with Crippen molar-refractivity contribution in [2.45, 2.75) is 6.92 Å². The largest absolute Gasteiger partial charge is 0.371 e. The summed E-state index contributed by atoms with van der Waals surface area (Å²) in [5.41, 5.74) is 0. The van der Waals surface area contributed by atoms with E-state index in [1.807, 2.05) is 14.0 Å². The molecule has 58 valence electrons. The van der Waals surface area contributed by atoms with Crippen molar-refractivity contribution in [3.05, 3.63) is 0 Å². The molecule has 4 heteroatoms. The van der Waals surface area contributed by atoms with Gasteiger partial charge in [0.1, 0.15) is 6.79 Å². The van der Waals surface area contributed by atoms with Crippen LogP contribution in [0.3, 0.4) is 0 Å². The van der Waals surface area contributed by atoms with Gasteiger partial charge in [0, 0.05) is 13.6 Å². The van der Waals surface area contributed by atoms with E-state index in [1.54, 1.807) is 12.2 Å². The minimum atomic E-state index is -0.750. The lowest BCUT2D eigenvalue weighted by atomic mass is 10.8. The van der Waals surface area contributed by atoms with Crippen molar-refractivity contribution >= 4 is 0 Å². The lowest BCUT2D eigenvalue weighted by molar-refractivity contribution is -0.104. The Hall–Kier alpha value is -0.160. The van der Waals surface area contributed by atoms with Crippen LogP contribution in [0, 0.1) is 0 Å². The Balaban J connectivity index is 0. The number of hydrogen-bond donors (Lipinski definition) is 2. The highest BCUT2D eigenvalue weighted by Crippen LogP contribution is 1.74. The molecule has 0 aromatic rings. The molecule has 4 nitrogen and oxygen atoms in total. The van der Waals surface area contributed by atoms with Crippen LogP contribution in [-0.4, -0.2) is 42.8 Å². The second-order valence-electron chi connectivity index (χ2n) is 1.27. The number of aliphatic hydroxyl groups excluding tert-OH is 1. The van der Waals surface area contributed by atoms with Crippen LogP contribution in [0.4, 0.5) is 0 Å². The minimum absolute atomic E-state index is 0.750. The first kappa shape index (κ1) is 11.6. The molecule has 0 radical (unpaired) electrons. The molecule has 0 unspecified atom stereocenters. The lowest BCUT2D eigenvalue weighted by Gasteiger charge is -2.07. The average Bonchev–Trinajstić information content (AvgIpc) is 1.88. The molecule has 0 bridgehead atoms. The third-order valence-electron chi connectivity index (χ3n) is 0.757. The molecular formula is C5H15NO3. The Morgan fingerprint density at radius 3 is 1.78 bits per heavy atom. The summed E-state index contributed by atoms with van der Waals surface area (Å²) in [5, 5.41) is 16.0. The zero-order chi connectivity index (χ0) is 7.70. The van der Waals surface area contributed by atoms with Crippen LogP contribution >= 0.6 is 0 Å². The highest BCUT2D eigenvalue weighted by molar-refractivity contribution is 4.18. The monoisotopic (exact) mass is 137 g/mol. The quantitative estimate of drug-likeness (QED) is 0.395. The van der Waals surface area contributed by atoms with Gasteiger partial charge in [-0.05, 0) is 0 Å². The zero-order valence-corrected chi connectivity index (χ0v) is 6.16. The van der Waals surface area contributed by atoms with E-state index in [9.17, 15) is 0 Å². The molecule has 0 fully saturated rings. The maximum atomic E-state index is 7.12. The summed E-state index contributed by atoms with van der Waals surface area (Å²) in [6, 6.07) is 0. The summed E-state index contributed by atoms with van der Waals surface area (Å²) >= 11 is 0. The first-order chi connectivity index (χ1) is 4.22. The van der Waals surface area contributed by atoms with Crippen LogP contribution in [0.1, 0.15) is 6.92 Å². The SMILES string of the molecule is CCN(C)OC.OCO. The van der Waals surface area contributed by atoms with E-state index in [0.717, 1.165) is 6.54 Å². The Morgan fingerprint density at radius 2 is 1.78 bits per heavy atom. The lowest BCUT2D eigenvalue weighted by Crippen LogP contribution is -2.14. The molecule has 0 saturated carbocycles. The molecule has 0 heterocycles. The molecule has 0 amide bonds. The van der Waals surface area contributed by atoms with Gasteiger partial charge in [0.15, 0.2) is 0 Å². The van der Waals surface area contributed by atoms with Crippen LogP contribution in [0.15, 0.2) is 0 Å². The van der Waals surface area contributed by atoms with Crippen LogP contribution in [-0.2, 0) is 4.84 Å². The van der Waals surface area contributed by atoms with Gasteiger partial charge in [-0.1, -0.05) is 6.92 Å². The summed E-state index contributed by atoms with van der Waals surface area (Å²) < 4.78 is 0. The van der Waals surface area contributed by atoms with E-state index in [1.165, 1.54) is 0 Å². The number of hydroxylamine groups is 2. The summed E-state index contributed by atoms with van der Waals surface area (Å²) in [7, 11) is 3.55. The predicted molar refractivity (Wildman–Crippen MR) is 34.6 cm³/mol. The van der Waals surface area contributed by atoms with E-state index >= 15 is 0 Å². The van der Waals surface area contributed by atoms with Gasteiger partial charge in [-0.3, -0.25) is 0 Å². The number of aliphatic hydroxyl groups is 2. The fourth-order valence-electron chi connectivity index (χ4n) is 0.129. The molecule has 0 aliphatic heterocycles. The maximum Gasteiger partial charge on any atom is 0.140 e. The third kappa shape index (κ3) is 18.1. The van der Waals surface area contributed by atoms with Gasteiger partial charge in [0.2, 0.25) is 0 Å². The van der Waals surface area contributed by atoms with Gasteiger partial charge in [-0.2, -0.15) is 5.06 Å². The highest BCUT2D eigenvalue weighted by atomic mass is 16.7. The van der Waals surface area contributed by atoms with Gasteiger partial charge in [-0.15, -0.1) is 0 Å². The first-order valence-electron chi connectivity index (χ1n) is 2.69. The molecule has 2 N–H and O–H groups in total. The van der Waals surface area contributed by atoms with Crippen molar-refractivity contribution in [1.82, 2.24) is 5.06 Å². The first-order valence-corrected chi connectivity index (χ1v) is 2.69. The van der Waals surface area contributed by atoms with Gasteiger partial charge in [-0.25, -0.2) is 0 Å². The summed E-state index contributed by atoms with van der Waals surface area (Å²) in [6.07, 6.45) is 0. The zero-order valence-electron chi connectivity index (χ0n) is 6.16. The Kier molecular flexibility index (Phi) is 13.9. The van der Waals surface area contributed by atoms with Crippen LogP contribution in [0.5, 0.6) is 0 Å². The van der Waals surface area contributed by atoms with Crippen molar-refractivity contribution in [1.29, 1.82) is 0 Å². The second-order valence-corrected chi connectivity index (χ2v) is 1.27. The second kappa shape index (κ2) is 10.8. The molecule has 0 atom stereocenters. The van der Waals surface area contributed by atoms with E-state index in [4.69, 9.17) is 15.1 Å². The summed E-state index contributed by atoms with van der Waals surface area (Å²) in [6.45, 7) is 2.22. The standard InChI is InChI=1S/C4H11NO.CH4O2/c1-4-5(2)6-3;2-1-3/h4H2,1-3H3;2-3H,1H2. The molecule has 0 spiro atoms. The van der Waals surface area contributed by atoms with E-state index in [0.29, 0.717) is 0 Å². The Labute approximate surface area is 55.6 Å². The van der Waals surface area contributed by atoms with Gasteiger partial charge < -0.3 is 15.1 Å². The summed E-state index contributed by atoms with van der Waals surface area (Å²) in [4.78, 5) is 4.73. The highest BCUT2D eigenvalue weighted by Gasteiger charge is 1.81. The van der Waals surface area contributed by atoms with E-state index < -0.39 is 6.79 Å². The summed E-state index contributed by atoms with van der Waals surface area (Å²) in [5.74, 6) is 0. The maximum absolute atomic E-state index is 7.12. The fraction of sp³-hybridized carbons (Fsp3) is 1.00. The molecule has 0 aromatic carbocycles. The smallest absolute Gasteiger partial charge is 0.140 e. The van der Waals surface area contributed by atoms with Crippen molar-refractivity contribution in [2.24, 2.45) is 0 Å². The Morgan fingerprint density at radius 1 is 1.44 bits per heavy atom. The number of hydrogen-bond acceptors (Lipinski definition) is 4. The predicted octanol–water partition coefficient (Wildman–Crippen LogP) is -0.572. The number of nitrogens with zero attached hydrogens (tertiary/aromatic N) is 1. The molecular weight excluding hydrogens is 122 g/mol. The molecule has 9 heavy (non-hydrogen) atoms. The van der Waals surface area contributed by atoms with Gasteiger partial charge in [0.25, 0.3) is 0 Å². The van der Waals surface area contributed by atoms with Crippen molar-refractivity contribution in [3.63, 3.8) is 0 Å². The van der Waals surface area contributed by atoms with Gasteiger partial charge >= 0.3 is 0 Å². The van der Waals surface area contributed by atoms with Gasteiger partial charge in [0.05, 0.1) is 7.11 Å². The van der Waals surface area contributed by atoms with E-state index in [-0.39, 0.29) is 0 Å². The molecule has 0 saturated heterocycles. The topological polar surface area (TPSA) is 52.9 Å². The molecule has 0 aliphatic rings. The van der Waals surface area contributed by atoms with Crippen LogP contribution in [0.25, 0.3) is 0 Å². The van der Waals surface area contributed by atoms with Crippen LogP contribution < -0.4 is 0 Å². The molecule has 0 aromatic heterocycles. The van der Waals surface area contributed by atoms with Crippen molar-refractivity contribution < 1.29 is 15.1 Å². The molecule has 0 aliphatic carbocycles. The van der Waals surface area contributed by atoms with Crippen molar-refractivity contribution in [3.8, 4) is 0 Å².